The average molecular weight is 349 g/mol. The molecule has 0 atom stereocenters. The number of benzene rings is 1. The Kier molecular flexibility index (Phi) is 4.10. The molecule has 1 aromatic heterocycles. The molecular formula is C17H21ClN4O2. The summed E-state index contributed by atoms with van der Waals surface area (Å²) >= 11 is 6.36. The summed E-state index contributed by atoms with van der Waals surface area (Å²) in [6.45, 7) is 4.68. The minimum absolute atomic E-state index is 0.547. The van der Waals surface area contributed by atoms with Crippen LogP contribution in [0.2, 0.25) is 5.02 Å². The first-order chi connectivity index (χ1) is 11.6. The van der Waals surface area contributed by atoms with Crippen molar-refractivity contribution in [3.8, 4) is 11.5 Å². The molecule has 1 aliphatic carbocycles. The Labute approximate surface area is 146 Å². The maximum absolute atomic E-state index is 6.36. The van der Waals surface area contributed by atoms with Gasteiger partial charge >= 0.3 is 0 Å². The largest absolute Gasteiger partial charge is 0.486 e. The van der Waals surface area contributed by atoms with E-state index in [1.54, 1.807) is 0 Å². The molecule has 1 aromatic carbocycles. The van der Waals surface area contributed by atoms with Gasteiger partial charge in [0.05, 0.1) is 11.6 Å². The summed E-state index contributed by atoms with van der Waals surface area (Å²) in [5.41, 5.74) is 1.13. The maximum atomic E-state index is 6.36. The number of halogens is 1. The molecule has 2 heterocycles. The molecule has 128 valence electrons. The molecule has 0 radical (unpaired) electrons. The lowest BCUT2D eigenvalue weighted by Crippen LogP contribution is -2.27. The predicted molar refractivity (Wildman–Crippen MR) is 90.5 cm³/mol. The molecule has 0 unspecified atom stereocenters. The Morgan fingerprint density at radius 3 is 2.71 bits per heavy atom. The van der Waals surface area contributed by atoms with Crippen molar-refractivity contribution in [2.45, 2.75) is 38.9 Å². The van der Waals surface area contributed by atoms with Crippen LogP contribution in [0.15, 0.2) is 12.1 Å². The van der Waals surface area contributed by atoms with Gasteiger partial charge in [0.15, 0.2) is 11.5 Å². The number of fused-ring (bicyclic) bond motifs is 1. The van der Waals surface area contributed by atoms with Crippen molar-refractivity contribution in [2.24, 2.45) is 7.05 Å². The van der Waals surface area contributed by atoms with Crippen molar-refractivity contribution >= 4 is 11.6 Å². The summed E-state index contributed by atoms with van der Waals surface area (Å²) in [5, 5.41) is 9.07. The highest BCUT2D eigenvalue weighted by atomic mass is 35.5. The van der Waals surface area contributed by atoms with Crippen molar-refractivity contribution < 1.29 is 9.47 Å². The topological polar surface area (TPSA) is 52.4 Å². The number of nitrogens with zero attached hydrogens (tertiary/aromatic N) is 4. The summed E-state index contributed by atoms with van der Waals surface area (Å²) in [6.07, 6.45) is 2.46. The monoisotopic (exact) mass is 348 g/mol. The van der Waals surface area contributed by atoms with Crippen LogP contribution in [0, 0.1) is 6.92 Å². The van der Waals surface area contributed by atoms with Gasteiger partial charge in [-0.15, -0.1) is 10.2 Å². The molecule has 4 rings (SSSR count). The normalized spacial score (nSPS) is 16.7. The van der Waals surface area contributed by atoms with Crippen molar-refractivity contribution in [1.29, 1.82) is 0 Å². The van der Waals surface area contributed by atoms with Gasteiger partial charge in [-0.3, -0.25) is 4.90 Å². The molecule has 0 N–H and O–H groups in total. The van der Waals surface area contributed by atoms with Gasteiger partial charge < -0.3 is 14.0 Å². The Morgan fingerprint density at radius 1 is 1.21 bits per heavy atom. The number of hydrogen-bond acceptors (Lipinski definition) is 5. The molecule has 2 aliphatic rings. The predicted octanol–water partition coefficient (Wildman–Crippen LogP) is 2.71. The van der Waals surface area contributed by atoms with E-state index in [9.17, 15) is 0 Å². The summed E-state index contributed by atoms with van der Waals surface area (Å²) < 4.78 is 13.3. The second-order valence-corrected chi connectivity index (χ2v) is 6.87. The molecule has 24 heavy (non-hydrogen) atoms. The lowest BCUT2D eigenvalue weighted by molar-refractivity contribution is 0.171. The maximum Gasteiger partial charge on any atom is 0.179 e. The lowest BCUT2D eigenvalue weighted by atomic mass is 10.1. The summed E-state index contributed by atoms with van der Waals surface area (Å²) in [5.74, 6) is 3.33. The third-order valence-electron chi connectivity index (χ3n) is 4.63. The van der Waals surface area contributed by atoms with E-state index in [4.69, 9.17) is 21.1 Å². The van der Waals surface area contributed by atoms with Crippen LogP contribution in [0.1, 0.15) is 30.1 Å². The second-order valence-electron chi connectivity index (χ2n) is 6.46. The third kappa shape index (κ3) is 3.08. The van der Waals surface area contributed by atoms with Crippen LogP contribution in [0.5, 0.6) is 11.5 Å². The zero-order chi connectivity index (χ0) is 16.7. The number of hydrogen-bond donors (Lipinski definition) is 0. The van der Waals surface area contributed by atoms with Gasteiger partial charge in [-0.2, -0.15) is 0 Å². The molecule has 2 aromatic rings. The molecule has 0 saturated heterocycles. The molecule has 1 saturated carbocycles. The zero-order valence-electron chi connectivity index (χ0n) is 14.0. The van der Waals surface area contributed by atoms with Crippen LogP contribution in [-0.2, 0) is 20.1 Å². The first-order valence-corrected chi connectivity index (χ1v) is 8.66. The van der Waals surface area contributed by atoms with Crippen LogP contribution in [0.3, 0.4) is 0 Å². The summed E-state index contributed by atoms with van der Waals surface area (Å²) in [7, 11) is 2.01. The molecule has 6 nitrogen and oxygen atoms in total. The summed E-state index contributed by atoms with van der Waals surface area (Å²) in [6, 6.07) is 4.62. The lowest BCUT2D eigenvalue weighted by Gasteiger charge is -2.24. The Morgan fingerprint density at radius 2 is 2.00 bits per heavy atom. The number of rotatable bonds is 5. The van der Waals surface area contributed by atoms with Gasteiger partial charge in [-0.25, -0.2) is 0 Å². The highest BCUT2D eigenvalue weighted by Crippen LogP contribution is 2.39. The number of ether oxygens (including phenoxy) is 2. The first-order valence-electron chi connectivity index (χ1n) is 8.29. The van der Waals surface area contributed by atoms with Crippen LogP contribution in [-0.4, -0.2) is 38.9 Å². The fourth-order valence-electron chi connectivity index (χ4n) is 3.01. The highest BCUT2D eigenvalue weighted by molar-refractivity contribution is 6.32. The van der Waals surface area contributed by atoms with Crippen molar-refractivity contribution in [3.63, 3.8) is 0 Å². The molecule has 1 fully saturated rings. The Balaban J connectivity index is 1.55. The van der Waals surface area contributed by atoms with E-state index in [0.29, 0.717) is 30.0 Å². The van der Waals surface area contributed by atoms with E-state index in [-0.39, 0.29) is 0 Å². The van der Waals surface area contributed by atoms with Crippen molar-refractivity contribution in [1.82, 2.24) is 19.7 Å². The van der Waals surface area contributed by atoms with E-state index < -0.39 is 0 Å². The van der Waals surface area contributed by atoms with Gasteiger partial charge in [0, 0.05) is 19.6 Å². The van der Waals surface area contributed by atoms with E-state index in [0.717, 1.165) is 36.1 Å². The van der Waals surface area contributed by atoms with E-state index in [2.05, 4.69) is 15.1 Å². The second kappa shape index (κ2) is 6.26. The van der Waals surface area contributed by atoms with Crippen molar-refractivity contribution in [3.05, 3.63) is 34.4 Å². The zero-order valence-corrected chi connectivity index (χ0v) is 14.7. The van der Waals surface area contributed by atoms with Gasteiger partial charge in [0.25, 0.3) is 0 Å². The Bertz CT molecular complexity index is 757. The smallest absolute Gasteiger partial charge is 0.179 e. The highest BCUT2D eigenvalue weighted by Gasteiger charge is 2.30. The minimum atomic E-state index is 0.547. The van der Waals surface area contributed by atoms with Crippen molar-refractivity contribution in [2.75, 3.05) is 13.2 Å². The molecule has 0 amide bonds. The average Bonchev–Trinajstić information content (AvgIpc) is 3.37. The minimum Gasteiger partial charge on any atom is -0.486 e. The van der Waals surface area contributed by atoms with E-state index >= 15 is 0 Å². The first kappa shape index (κ1) is 15.7. The third-order valence-corrected chi connectivity index (χ3v) is 4.91. The fraction of sp³-hybridized carbons (Fsp3) is 0.529. The standard InChI is InChI=1S/C17H21ClN4O2/c1-11-19-20-16(21(11)2)10-22(13-3-4-13)9-12-7-14(18)17-15(8-12)23-5-6-24-17/h7-8,13H,3-6,9-10H2,1-2H3. The van der Waals surface area contributed by atoms with Crippen LogP contribution < -0.4 is 9.47 Å². The summed E-state index contributed by atoms with van der Waals surface area (Å²) in [4.78, 5) is 2.44. The SMILES string of the molecule is Cc1nnc(CN(Cc2cc(Cl)c3c(c2)OCCO3)C2CC2)n1C. The van der Waals surface area contributed by atoms with E-state index in [1.807, 2.05) is 30.7 Å². The van der Waals surface area contributed by atoms with Crippen LogP contribution in [0.4, 0.5) is 0 Å². The van der Waals surface area contributed by atoms with Crippen LogP contribution in [0.25, 0.3) is 0 Å². The quantitative estimate of drug-likeness (QED) is 0.831. The van der Waals surface area contributed by atoms with Gasteiger partial charge in [-0.1, -0.05) is 11.6 Å². The van der Waals surface area contributed by atoms with Gasteiger partial charge in [0.1, 0.15) is 24.9 Å². The van der Waals surface area contributed by atoms with Crippen LogP contribution >= 0.6 is 11.6 Å². The fourth-order valence-corrected chi connectivity index (χ4v) is 3.30. The van der Waals surface area contributed by atoms with E-state index in [1.165, 1.54) is 12.8 Å². The molecule has 0 spiro atoms. The van der Waals surface area contributed by atoms with Gasteiger partial charge in [-0.05, 0) is 37.5 Å². The molecular weight excluding hydrogens is 328 g/mol. The van der Waals surface area contributed by atoms with Gasteiger partial charge in [0.2, 0.25) is 0 Å². The number of aryl methyl sites for hydroxylation is 1. The molecule has 0 bridgehead atoms. The molecule has 1 aliphatic heterocycles. The number of aromatic nitrogens is 3. The molecule has 7 heteroatoms. The Hall–Kier alpha value is -1.79.